The van der Waals surface area contributed by atoms with Crippen LogP contribution in [0.4, 0.5) is 4.39 Å². The molecule has 0 amide bonds. The van der Waals surface area contributed by atoms with Crippen LogP contribution in [0.1, 0.15) is 26.2 Å². The van der Waals surface area contributed by atoms with Gasteiger partial charge in [-0.25, -0.2) is 4.39 Å². The van der Waals surface area contributed by atoms with E-state index in [1.165, 1.54) is 12.8 Å². The quantitative estimate of drug-likeness (QED) is 0.683. The van der Waals surface area contributed by atoms with Gasteiger partial charge < -0.3 is 10.1 Å². The fourth-order valence-electron chi connectivity index (χ4n) is 1.69. The van der Waals surface area contributed by atoms with Crippen LogP contribution in [0.25, 0.3) is 0 Å². The summed E-state index contributed by atoms with van der Waals surface area (Å²) in [6.07, 6.45) is 3.70. The van der Waals surface area contributed by atoms with Crippen molar-refractivity contribution in [3.05, 3.63) is 0 Å². The molecule has 1 N–H and O–H groups in total. The average molecular weight is 175 g/mol. The molecule has 2 nitrogen and oxygen atoms in total. The first-order chi connectivity index (χ1) is 5.86. The van der Waals surface area contributed by atoms with Crippen molar-refractivity contribution in [2.75, 3.05) is 19.8 Å². The minimum absolute atomic E-state index is 0.247. The molecule has 1 rings (SSSR count). The molecule has 0 aromatic rings. The van der Waals surface area contributed by atoms with E-state index in [1.54, 1.807) is 0 Å². The van der Waals surface area contributed by atoms with Crippen molar-refractivity contribution >= 4 is 0 Å². The van der Waals surface area contributed by atoms with Gasteiger partial charge >= 0.3 is 0 Å². The Hall–Kier alpha value is -0.150. The summed E-state index contributed by atoms with van der Waals surface area (Å²) in [5, 5.41) is 3.37. The molecule has 3 heteroatoms. The number of rotatable bonds is 5. The molecule has 0 bridgehead atoms. The first-order valence-electron chi connectivity index (χ1n) is 4.77. The van der Waals surface area contributed by atoms with Gasteiger partial charge in [-0.2, -0.15) is 0 Å². The molecule has 1 aliphatic heterocycles. The van der Waals surface area contributed by atoms with Crippen LogP contribution >= 0.6 is 0 Å². The van der Waals surface area contributed by atoms with E-state index < -0.39 is 0 Å². The van der Waals surface area contributed by atoms with Crippen LogP contribution in [0.3, 0.4) is 0 Å². The fraction of sp³-hybridized carbons (Fsp3) is 1.00. The lowest BCUT2D eigenvalue weighted by molar-refractivity contribution is 0.0556. The first-order valence-corrected chi connectivity index (χ1v) is 4.77. The molecule has 0 aliphatic carbocycles. The lowest BCUT2D eigenvalue weighted by atomic mass is 10.1. The molecule has 1 aliphatic rings. The highest BCUT2D eigenvalue weighted by Gasteiger charge is 2.23. The third-order valence-corrected chi connectivity index (χ3v) is 2.25. The Labute approximate surface area is 73.5 Å². The van der Waals surface area contributed by atoms with Gasteiger partial charge in [0.1, 0.15) is 6.67 Å². The topological polar surface area (TPSA) is 21.3 Å². The van der Waals surface area contributed by atoms with Gasteiger partial charge in [-0.05, 0) is 12.8 Å². The van der Waals surface area contributed by atoms with E-state index in [9.17, 15) is 4.39 Å². The molecule has 0 radical (unpaired) electrons. The molecule has 0 spiro atoms. The van der Waals surface area contributed by atoms with Crippen molar-refractivity contribution in [3.63, 3.8) is 0 Å². The third-order valence-electron chi connectivity index (χ3n) is 2.25. The number of ether oxygens (including phenoxy) is 1. The molecular weight excluding hydrogens is 157 g/mol. The zero-order valence-corrected chi connectivity index (χ0v) is 7.68. The van der Waals surface area contributed by atoms with Crippen LogP contribution in [0, 0.1) is 0 Å². The molecule has 2 atom stereocenters. The van der Waals surface area contributed by atoms with E-state index in [4.69, 9.17) is 4.74 Å². The van der Waals surface area contributed by atoms with Crippen LogP contribution in [-0.2, 0) is 4.74 Å². The smallest absolute Gasteiger partial charge is 0.113 e. The van der Waals surface area contributed by atoms with E-state index in [2.05, 4.69) is 12.2 Å². The van der Waals surface area contributed by atoms with Crippen LogP contribution in [0.5, 0.6) is 0 Å². The van der Waals surface area contributed by atoms with Gasteiger partial charge in [0.05, 0.1) is 12.7 Å². The van der Waals surface area contributed by atoms with E-state index in [0.29, 0.717) is 6.04 Å². The molecule has 0 aromatic carbocycles. The number of hydrogen-bond donors (Lipinski definition) is 1. The summed E-state index contributed by atoms with van der Waals surface area (Å²) in [6.45, 7) is 2.96. The predicted molar refractivity (Wildman–Crippen MR) is 47.0 cm³/mol. The summed E-state index contributed by atoms with van der Waals surface area (Å²) < 4.78 is 17.0. The number of halogens is 1. The summed E-state index contributed by atoms with van der Waals surface area (Å²) in [5.74, 6) is 0. The maximum absolute atomic E-state index is 11.7. The summed E-state index contributed by atoms with van der Waals surface area (Å²) in [7, 11) is 0. The molecule has 0 saturated carbocycles. The van der Waals surface area contributed by atoms with Crippen molar-refractivity contribution < 1.29 is 9.13 Å². The Balaban J connectivity index is 2.08. The van der Waals surface area contributed by atoms with E-state index in [1.807, 2.05) is 0 Å². The minimum atomic E-state index is -0.366. The Morgan fingerprint density at radius 2 is 2.42 bits per heavy atom. The highest BCUT2D eigenvalue weighted by Crippen LogP contribution is 2.14. The van der Waals surface area contributed by atoms with Crippen molar-refractivity contribution in [2.24, 2.45) is 0 Å². The van der Waals surface area contributed by atoms with Gasteiger partial charge in [0.15, 0.2) is 0 Å². The second-order valence-electron chi connectivity index (χ2n) is 3.31. The van der Waals surface area contributed by atoms with Crippen molar-refractivity contribution in [1.82, 2.24) is 5.32 Å². The molecule has 0 unspecified atom stereocenters. The predicted octanol–water partition coefficient (Wildman–Crippen LogP) is 1.50. The monoisotopic (exact) mass is 175 g/mol. The maximum Gasteiger partial charge on any atom is 0.113 e. The minimum Gasteiger partial charge on any atom is -0.374 e. The van der Waals surface area contributed by atoms with E-state index >= 15 is 0 Å². The second kappa shape index (κ2) is 5.49. The molecular formula is C9H18FNO. The Kier molecular flexibility index (Phi) is 4.54. The van der Waals surface area contributed by atoms with Gasteiger partial charge in [-0.1, -0.05) is 13.3 Å². The van der Waals surface area contributed by atoms with Crippen LogP contribution < -0.4 is 5.32 Å². The lowest BCUT2D eigenvalue weighted by Crippen LogP contribution is -2.21. The van der Waals surface area contributed by atoms with Gasteiger partial charge in [-0.15, -0.1) is 0 Å². The van der Waals surface area contributed by atoms with Crippen molar-refractivity contribution in [1.29, 1.82) is 0 Å². The Morgan fingerprint density at radius 3 is 3.08 bits per heavy atom. The normalized spacial score (nSPS) is 29.5. The summed E-state index contributed by atoms with van der Waals surface area (Å²) in [6, 6.07) is 0.597. The molecule has 72 valence electrons. The van der Waals surface area contributed by atoms with Gasteiger partial charge in [0.25, 0.3) is 0 Å². The molecule has 1 heterocycles. The van der Waals surface area contributed by atoms with Gasteiger partial charge in [0, 0.05) is 12.6 Å². The van der Waals surface area contributed by atoms with Crippen LogP contribution in [0.15, 0.2) is 0 Å². The zero-order chi connectivity index (χ0) is 8.81. The lowest BCUT2D eigenvalue weighted by Gasteiger charge is -2.09. The average Bonchev–Trinajstić information content (AvgIpc) is 2.50. The van der Waals surface area contributed by atoms with Crippen LogP contribution in [0.2, 0.25) is 0 Å². The number of alkyl halides is 1. The largest absolute Gasteiger partial charge is 0.374 e. The van der Waals surface area contributed by atoms with Gasteiger partial charge in [0.2, 0.25) is 0 Å². The van der Waals surface area contributed by atoms with E-state index in [0.717, 1.165) is 13.0 Å². The fourth-order valence-corrected chi connectivity index (χ4v) is 1.69. The summed E-state index contributed by atoms with van der Waals surface area (Å²) in [5.41, 5.74) is 0. The zero-order valence-electron chi connectivity index (χ0n) is 7.68. The van der Waals surface area contributed by atoms with Crippen molar-refractivity contribution in [2.45, 2.75) is 38.3 Å². The summed E-state index contributed by atoms with van der Waals surface area (Å²) >= 11 is 0. The summed E-state index contributed by atoms with van der Waals surface area (Å²) in [4.78, 5) is 0. The maximum atomic E-state index is 11.7. The number of hydrogen-bond acceptors (Lipinski definition) is 2. The van der Waals surface area contributed by atoms with Crippen LogP contribution in [-0.4, -0.2) is 32.0 Å². The second-order valence-corrected chi connectivity index (χ2v) is 3.31. The Bertz CT molecular complexity index is 121. The Morgan fingerprint density at radius 1 is 1.58 bits per heavy atom. The molecule has 0 aromatic heterocycles. The standard InChI is InChI=1S/C9H18FNO/c1-2-3-8-6-9(7-11-8)12-5-4-10/h8-9,11H,2-7H2,1H3/t8-,9+/m1/s1. The van der Waals surface area contributed by atoms with Crippen molar-refractivity contribution in [3.8, 4) is 0 Å². The SMILES string of the molecule is CCC[C@@H]1C[C@H](OCCF)CN1. The highest BCUT2D eigenvalue weighted by molar-refractivity contribution is 4.81. The molecule has 1 saturated heterocycles. The number of nitrogens with one attached hydrogen (secondary N) is 1. The molecule has 12 heavy (non-hydrogen) atoms. The van der Waals surface area contributed by atoms with Gasteiger partial charge in [-0.3, -0.25) is 0 Å². The first kappa shape index (κ1) is 9.93. The third kappa shape index (κ3) is 3.07. The molecule has 1 fully saturated rings. The highest BCUT2D eigenvalue weighted by atomic mass is 19.1. The van der Waals surface area contributed by atoms with E-state index in [-0.39, 0.29) is 19.4 Å².